The number of guanidine groups is 2. The van der Waals surface area contributed by atoms with Gasteiger partial charge < -0.3 is 77.2 Å². The molecule has 122 heavy (non-hydrogen) atoms. The van der Waals surface area contributed by atoms with Crippen LogP contribution in [0.2, 0.25) is 0 Å². The molecule has 3 aliphatic rings. The van der Waals surface area contributed by atoms with Gasteiger partial charge in [-0.05, 0) is 133 Å². The van der Waals surface area contributed by atoms with Crippen molar-refractivity contribution in [1.82, 2.24) is 64.0 Å². The summed E-state index contributed by atoms with van der Waals surface area (Å²) in [6.45, 7) is -0.776. The summed E-state index contributed by atoms with van der Waals surface area (Å²) in [6, 6.07) is 38.0. The third-order valence-corrected chi connectivity index (χ3v) is 21.5. The van der Waals surface area contributed by atoms with E-state index in [0.29, 0.717) is 46.1 Å². The topological polar surface area (TPSA) is 540 Å². The van der Waals surface area contributed by atoms with E-state index in [2.05, 4.69) is 60.1 Å². The first-order valence-corrected chi connectivity index (χ1v) is 40.1. The van der Waals surface area contributed by atoms with Crippen LogP contribution in [0.25, 0.3) is 0 Å². The van der Waals surface area contributed by atoms with Crippen molar-refractivity contribution >= 4 is 83.1 Å². The van der Waals surface area contributed by atoms with Gasteiger partial charge in [0.15, 0.2) is 10.1 Å². The second-order valence-electron chi connectivity index (χ2n) is 30.2. The highest BCUT2D eigenvalue weighted by molar-refractivity contribution is 5.98. The first kappa shape index (κ1) is 92.0. The molecule has 0 aromatic heterocycles. The van der Waals surface area contributed by atoms with Crippen molar-refractivity contribution in [1.29, 1.82) is 10.8 Å². The van der Waals surface area contributed by atoms with Crippen molar-refractivity contribution in [3.8, 4) is 5.75 Å². The van der Waals surface area contributed by atoms with Crippen molar-refractivity contribution in [2.75, 3.05) is 26.2 Å². The number of fused-ring (bicyclic) bond motifs is 5. The third kappa shape index (κ3) is 29.6. The largest absolute Gasteiger partial charge is 0.508 e. The number of phenols is 1. The maximum Gasteiger partial charge on any atom is 0.329 e. The van der Waals surface area contributed by atoms with E-state index in [4.69, 9.17) is 29.8 Å². The Morgan fingerprint density at radius 1 is 0.467 bits per heavy atom. The molecular formula is C85H102N16O21. The van der Waals surface area contributed by atoms with Gasteiger partial charge in [-0.1, -0.05) is 176 Å². The first-order valence-electron chi connectivity index (χ1n) is 40.1. The van der Waals surface area contributed by atoms with Gasteiger partial charge in [0.05, 0.1) is 32.4 Å². The van der Waals surface area contributed by atoms with Gasteiger partial charge in [0, 0.05) is 37.8 Å². The zero-order valence-electron chi connectivity index (χ0n) is 67.2. The van der Waals surface area contributed by atoms with Crippen LogP contribution in [0.3, 0.4) is 0 Å². The standard InChI is InChI=1S/C85H102N16O21/c1-85-40-39-61-60-34-32-59(102)45-58(60)31-33-62(61)63(85)35-36-70(85)122-74(106)38-37-71(103)92-64(29-17-41-88-83(86)98-100(115)116)77(109)90-48-72(104)93-67(46-75(107)119-50-55-23-11-4-12-24-55)80(112)96-66(43-53-19-7-2-8-20-53)79(111)95-65(30-18-42-89-84(87)99-101(117)118)78(110)91-49-73(105)94-68(47-76(108)120-51-56-25-13-5-14-26-56)81(113)97-69(44-54-21-9-3-10-22-54)82(114)121-52-57-27-15-6-16-28-57/h2-16,19-28,32,34,45,61-70,102H,17-18,29-31,33,35-44,46-52H2,1H3,(H,90,109)(H,91,110)(H,92,103)(H,93,104)(H,94,105)(H,95,111)(H,96,112)(H,97,113)(H3,86,88,98)(H3,87,89,99)/t61-,62-,63+,64+,65+,66+,67+,68+,69+,70+,85+/m1/s1. The number of hydrogen-bond donors (Lipinski definition) is 15. The molecule has 2 fully saturated rings. The monoisotopic (exact) mass is 1680 g/mol. The summed E-state index contributed by atoms with van der Waals surface area (Å²) in [4.78, 5) is 192. The number of amides is 8. The van der Waals surface area contributed by atoms with Gasteiger partial charge in [-0.15, -0.1) is 0 Å². The number of nitro groups is 2. The van der Waals surface area contributed by atoms with Crippen LogP contribution in [0.15, 0.2) is 170 Å². The minimum Gasteiger partial charge on any atom is -0.508 e. The number of carbonyl (C=O) groups is 12. The zero-order chi connectivity index (χ0) is 87.5. The fourth-order valence-corrected chi connectivity index (χ4v) is 15.4. The Labute approximate surface area is 702 Å². The molecule has 37 heteroatoms. The number of phenolic OH excluding ortho intramolecular Hbond substituents is 1. The van der Waals surface area contributed by atoms with Crippen LogP contribution in [0.5, 0.6) is 5.75 Å². The fraction of sp³-hybridized carbons (Fsp3) is 0.412. The quantitative estimate of drug-likeness (QED) is 0.00492. The molecule has 3 aliphatic carbocycles. The average molecular weight is 1680 g/mol. The molecule has 11 atom stereocenters. The zero-order valence-corrected chi connectivity index (χ0v) is 67.2. The van der Waals surface area contributed by atoms with E-state index in [-0.39, 0.29) is 94.9 Å². The lowest BCUT2D eigenvalue weighted by Gasteiger charge is -2.50. The summed E-state index contributed by atoms with van der Waals surface area (Å²) >= 11 is 0. The summed E-state index contributed by atoms with van der Waals surface area (Å²) in [5, 5.41) is 70.9. The van der Waals surface area contributed by atoms with E-state index in [1.165, 1.54) is 5.56 Å². The van der Waals surface area contributed by atoms with E-state index in [9.17, 15) is 82.9 Å². The van der Waals surface area contributed by atoms with E-state index >= 15 is 0 Å². The molecule has 9 rings (SSSR count). The van der Waals surface area contributed by atoms with Crippen LogP contribution in [-0.2, 0) is 116 Å². The molecule has 6 aromatic carbocycles. The molecule has 2 saturated carbocycles. The lowest BCUT2D eigenvalue weighted by molar-refractivity contribution is -0.525. The summed E-state index contributed by atoms with van der Waals surface area (Å²) in [5.74, 6) is -12.0. The second kappa shape index (κ2) is 46.5. The summed E-state index contributed by atoms with van der Waals surface area (Å²) < 4.78 is 22.8. The predicted octanol–water partition coefficient (Wildman–Crippen LogP) is 3.75. The molecule has 15 N–H and O–H groups in total. The minimum atomic E-state index is -1.90. The van der Waals surface area contributed by atoms with E-state index < -0.39 is 168 Å². The summed E-state index contributed by atoms with van der Waals surface area (Å²) in [5.41, 5.74) is 8.14. The molecule has 0 saturated heterocycles. The Kier molecular flexibility index (Phi) is 35.0. The van der Waals surface area contributed by atoms with E-state index in [1.807, 2.05) is 12.1 Å². The SMILES string of the molecule is C[C@]12CC[C@@H]3c4ccc(O)cc4CC[C@H]3[C@@H]1CC[C@@H]2OC(=O)CCC(=O)N[C@@H](CCCNC(=N)N[N+](=O)[O-])C(=O)NCC(=O)N[C@@H](CC(=O)OCc1ccccc1)C(=O)N[C@@H](Cc1ccccc1)C(=O)N[C@@H](CCCNC(=N)N[N+](=O)[O-])C(=O)NCC(=O)N[C@@H](CC(=O)OCc1ccccc1)C(=O)N[C@@H](Cc1ccccc1)C(=O)OCc1ccccc1. The van der Waals surface area contributed by atoms with Crippen LogP contribution in [-0.4, -0.2) is 167 Å². The van der Waals surface area contributed by atoms with Crippen molar-refractivity contribution in [2.24, 2.45) is 17.3 Å². The number of aromatic hydroxyl groups is 1. The van der Waals surface area contributed by atoms with Crippen molar-refractivity contribution < 1.29 is 91.7 Å². The number of nitrogens with zero attached hydrogens (tertiary/aromatic N) is 2. The maximum atomic E-state index is 15.0. The van der Waals surface area contributed by atoms with E-state index in [1.54, 1.807) is 169 Å². The number of carbonyl (C=O) groups excluding carboxylic acids is 12. The minimum absolute atomic E-state index is 0.0131. The van der Waals surface area contributed by atoms with Gasteiger partial charge in [-0.3, -0.25) is 63.6 Å². The van der Waals surface area contributed by atoms with Crippen molar-refractivity contribution in [2.45, 2.75) is 178 Å². The highest BCUT2D eigenvalue weighted by Gasteiger charge is 2.56. The fourth-order valence-electron chi connectivity index (χ4n) is 15.4. The van der Waals surface area contributed by atoms with Crippen molar-refractivity contribution in [3.63, 3.8) is 0 Å². The van der Waals surface area contributed by atoms with Crippen LogP contribution in [0.1, 0.15) is 135 Å². The summed E-state index contributed by atoms with van der Waals surface area (Å²) in [6.07, 6.45) is 0.881. The molecule has 6 aromatic rings. The molecule has 0 aliphatic heterocycles. The molecule has 0 heterocycles. The average Bonchev–Trinajstić information content (AvgIpc) is 1.61. The second-order valence-corrected chi connectivity index (χ2v) is 30.2. The first-order chi connectivity index (χ1) is 58.6. The number of hydrazine groups is 2. The molecule has 0 unspecified atom stereocenters. The molecule has 0 bridgehead atoms. The maximum absolute atomic E-state index is 15.0. The third-order valence-electron chi connectivity index (χ3n) is 21.5. The predicted molar refractivity (Wildman–Crippen MR) is 438 cm³/mol. The smallest absolute Gasteiger partial charge is 0.329 e. The van der Waals surface area contributed by atoms with Gasteiger partial charge in [-0.2, -0.15) is 0 Å². The highest BCUT2D eigenvalue weighted by Crippen LogP contribution is 2.61. The highest BCUT2D eigenvalue weighted by atomic mass is 16.7. The van der Waals surface area contributed by atoms with Gasteiger partial charge >= 0.3 is 23.9 Å². The Morgan fingerprint density at radius 3 is 1.38 bits per heavy atom. The molecule has 37 nitrogen and oxygen atoms in total. The molecular weight excluding hydrogens is 1580 g/mol. The molecule has 8 amide bonds. The number of ether oxygens (including phenoxy) is 4. The number of aryl methyl sites for hydroxylation is 1. The normalized spacial score (nSPS) is 17.4. The Morgan fingerprint density at radius 2 is 0.893 bits per heavy atom. The van der Waals surface area contributed by atoms with E-state index in [0.717, 1.165) is 37.7 Å². The van der Waals surface area contributed by atoms with Crippen LogP contribution in [0.4, 0.5) is 0 Å². The van der Waals surface area contributed by atoms with Gasteiger partial charge in [0.2, 0.25) is 47.3 Å². The number of nitrogens with one attached hydrogen (secondary N) is 14. The number of rotatable bonds is 44. The Balaban J connectivity index is 0.881. The Hall–Kier alpha value is -13.9. The van der Waals surface area contributed by atoms with Crippen LogP contribution >= 0.6 is 0 Å². The number of hydrogen-bond acceptors (Lipinski definition) is 23. The summed E-state index contributed by atoms with van der Waals surface area (Å²) in [7, 11) is 0. The Bertz CT molecular complexity index is 4650. The van der Waals surface area contributed by atoms with Crippen LogP contribution in [0, 0.1) is 48.3 Å². The number of benzene rings is 6. The van der Waals surface area contributed by atoms with Crippen LogP contribution < -0.4 is 64.0 Å². The van der Waals surface area contributed by atoms with Crippen molar-refractivity contribution in [3.05, 3.63) is 229 Å². The lowest BCUT2D eigenvalue weighted by Crippen LogP contribution is -2.59. The molecule has 648 valence electrons. The van der Waals surface area contributed by atoms with Gasteiger partial charge in [0.1, 0.15) is 67.9 Å². The lowest BCUT2D eigenvalue weighted by atomic mass is 9.55. The number of esters is 4. The van der Waals surface area contributed by atoms with Gasteiger partial charge in [-0.25, -0.2) is 25.0 Å². The van der Waals surface area contributed by atoms with Gasteiger partial charge in [0.25, 0.3) is 11.9 Å². The molecule has 0 radical (unpaired) electrons. The molecule has 0 spiro atoms.